The van der Waals surface area contributed by atoms with Gasteiger partial charge in [-0.3, -0.25) is 4.90 Å². The molecule has 2 heterocycles. The van der Waals surface area contributed by atoms with Gasteiger partial charge in [0.25, 0.3) is 0 Å². The lowest BCUT2D eigenvalue weighted by atomic mass is 9.90. The number of aryl methyl sites for hydroxylation is 1. The molecule has 0 atom stereocenters. The SMILES string of the molecule is CN1CCCN(Cc2ccc(Cc3nncc4c3CCCC4)cc2)CC1. The van der Waals surface area contributed by atoms with Gasteiger partial charge in [0, 0.05) is 26.1 Å². The van der Waals surface area contributed by atoms with E-state index in [1.165, 1.54) is 86.2 Å². The summed E-state index contributed by atoms with van der Waals surface area (Å²) in [5.41, 5.74) is 6.83. The first kappa shape index (κ1) is 17.6. The normalized spacial score (nSPS) is 19.1. The van der Waals surface area contributed by atoms with Gasteiger partial charge in [0.2, 0.25) is 0 Å². The van der Waals surface area contributed by atoms with Crippen molar-refractivity contribution in [2.24, 2.45) is 0 Å². The Bertz CT molecular complexity index is 725. The monoisotopic (exact) mass is 350 g/mol. The Hall–Kier alpha value is -1.78. The molecule has 2 aliphatic rings. The van der Waals surface area contributed by atoms with Crippen LogP contribution in [0.1, 0.15) is 47.2 Å². The molecule has 4 rings (SSSR count). The van der Waals surface area contributed by atoms with Crippen molar-refractivity contribution in [1.29, 1.82) is 0 Å². The van der Waals surface area contributed by atoms with Crippen molar-refractivity contribution in [2.75, 3.05) is 33.2 Å². The average Bonchev–Trinajstić information content (AvgIpc) is 2.88. The zero-order chi connectivity index (χ0) is 17.8. The summed E-state index contributed by atoms with van der Waals surface area (Å²) in [5, 5.41) is 8.70. The van der Waals surface area contributed by atoms with Gasteiger partial charge >= 0.3 is 0 Å². The van der Waals surface area contributed by atoms with Crippen LogP contribution in [-0.4, -0.2) is 53.2 Å². The van der Waals surface area contributed by atoms with Crippen molar-refractivity contribution < 1.29 is 0 Å². The fourth-order valence-corrected chi connectivity index (χ4v) is 4.24. The van der Waals surface area contributed by atoms with Crippen LogP contribution in [0.5, 0.6) is 0 Å². The maximum Gasteiger partial charge on any atom is 0.0709 e. The van der Waals surface area contributed by atoms with Crippen LogP contribution in [0.25, 0.3) is 0 Å². The Morgan fingerprint density at radius 2 is 1.69 bits per heavy atom. The number of rotatable bonds is 4. The fraction of sp³-hybridized carbons (Fsp3) is 0.545. The second-order valence-corrected chi connectivity index (χ2v) is 7.93. The highest BCUT2D eigenvalue weighted by atomic mass is 15.2. The molecule has 1 aromatic carbocycles. The molecule has 4 nitrogen and oxygen atoms in total. The quantitative estimate of drug-likeness (QED) is 0.848. The lowest BCUT2D eigenvalue weighted by molar-refractivity contribution is 0.269. The van der Waals surface area contributed by atoms with E-state index in [0.717, 1.165) is 13.0 Å². The molecule has 0 saturated carbocycles. The maximum absolute atomic E-state index is 4.46. The van der Waals surface area contributed by atoms with Gasteiger partial charge < -0.3 is 4.90 Å². The van der Waals surface area contributed by atoms with E-state index in [1.807, 2.05) is 6.20 Å². The number of likely N-dealkylation sites (N-methyl/N-ethyl adjacent to an activating group) is 1. The van der Waals surface area contributed by atoms with Crippen LogP contribution in [0.4, 0.5) is 0 Å². The molecule has 2 aromatic rings. The second kappa shape index (κ2) is 8.28. The van der Waals surface area contributed by atoms with E-state index in [4.69, 9.17) is 0 Å². The van der Waals surface area contributed by atoms with Crippen molar-refractivity contribution in [1.82, 2.24) is 20.0 Å². The Morgan fingerprint density at radius 1 is 0.885 bits per heavy atom. The number of aromatic nitrogens is 2. The molecule has 1 saturated heterocycles. The van der Waals surface area contributed by atoms with E-state index in [-0.39, 0.29) is 0 Å². The van der Waals surface area contributed by atoms with Crippen LogP contribution in [0.15, 0.2) is 30.5 Å². The van der Waals surface area contributed by atoms with Crippen molar-refractivity contribution >= 4 is 0 Å². The van der Waals surface area contributed by atoms with Gasteiger partial charge in [-0.05, 0) is 74.5 Å². The van der Waals surface area contributed by atoms with E-state index in [9.17, 15) is 0 Å². The standard InChI is InChI=1S/C22H30N4/c1-25-11-4-12-26(14-13-25)17-19-9-7-18(8-10-19)15-22-21-6-3-2-5-20(21)16-23-24-22/h7-10,16H,2-6,11-15,17H2,1H3. The first-order chi connectivity index (χ1) is 12.8. The largest absolute Gasteiger partial charge is 0.305 e. The highest BCUT2D eigenvalue weighted by molar-refractivity contribution is 5.34. The summed E-state index contributed by atoms with van der Waals surface area (Å²) in [5.74, 6) is 0. The van der Waals surface area contributed by atoms with Gasteiger partial charge in [0.1, 0.15) is 0 Å². The minimum Gasteiger partial charge on any atom is -0.305 e. The molecule has 0 amide bonds. The van der Waals surface area contributed by atoms with Gasteiger partial charge in [0.05, 0.1) is 11.9 Å². The molecule has 0 spiro atoms. The number of benzene rings is 1. The molecule has 0 N–H and O–H groups in total. The fourth-order valence-electron chi connectivity index (χ4n) is 4.24. The molecule has 1 fully saturated rings. The summed E-state index contributed by atoms with van der Waals surface area (Å²) in [6, 6.07) is 9.16. The number of nitrogens with zero attached hydrogens (tertiary/aromatic N) is 4. The van der Waals surface area contributed by atoms with Crippen LogP contribution < -0.4 is 0 Å². The minimum atomic E-state index is 0.908. The summed E-state index contributed by atoms with van der Waals surface area (Å²) in [6.07, 6.45) is 9.06. The second-order valence-electron chi connectivity index (χ2n) is 7.93. The summed E-state index contributed by atoms with van der Waals surface area (Å²) >= 11 is 0. The molecule has 0 unspecified atom stereocenters. The van der Waals surface area contributed by atoms with Gasteiger partial charge in [-0.1, -0.05) is 24.3 Å². The van der Waals surface area contributed by atoms with Crippen molar-refractivity contribution in [2.45, 2.75) is 45.1 Å². The van der Waals surface area contributed by atoms with E-state index in [1.54, 1.807) is 0 Å². The molecule has 0 bridgehead atoms. The molecule has 1 aromatic heterocycles. The Labute approximate surface area is 157 Å². The third kappa shape index (κ3) is 4.30. The van der Waals surface area contributed by atoms with Crippen LogP contribution in [-0.2, 0) is 25.8 Å². The summed E-state index contributed by atoms with van der Waals surface area (Å²) in [4.78, 5) is 5.02. The number of fused-ring (bicyclic) bond motifs is 1. The third-order valence-corrected chi connectivity index (χ3v) is 5.86. The molecule has 1 aliphatic heterocycles. The predicted octanol–water partition coefficient (Wildman–Crippen LogP) is 3.08. The molecular formula is C22H30N4. The molecule has 4 heteroatoms. The van der Waals surface area contributed by atoms with Crippen LogP contribution in [0.2, 0.25) is 0 Å². The molecule has 1 aliphatic carbocycles. The van der Waals surface area contributed by atoms with Crippen molar-refractivity contribution in [3.05, 3.63) is 58.4 Å². The highest BCUT2D eigenvalue weighted by Gasteiger charge is 2.15. The van der Waals surface area contributed by atoms with Crippen LogP contribution >= 0.6 is 0 Å². The zero-order valence-corrected chi connectivity index (χ0v) is 16.0. The highest BCUT2D eigenvalue weighted by Crippen LogP contribution is 2.24. The summed E-state index contributed by atoms with van der Waals surface area (Å²) in [6.45, 7) is 5.84. The van der Waals surface area contributed by atoms with Crippen LogP contribution in [0, 0.1) is 0 Å². The van der Waals surface area contributed by atoms with Crippen LogP contribution in [0.3, 0.4) is 0 Å². The maximum atomic E-state index is 4.46. The van der Waals surface area contributed by atoms with Gasteiger partial charge in [0.15, 0.2) is 0 Å². The molecular weight excluding hydrogens is 320 g/mol. The molecule has 0 radical (unpaired) electrons. The van der Waals surface area contributed by atoms with Gasteiger partial charge in [-0.25, -0.2) is 0 Å². The predicted molar refractivity (Wildman–Crippen MR) is 105 cm³/mol. The van der Waals surface area contributed by atoms with Crippen molar-refractivity contribution in [3.8, 4) is 0 Å². The van der Waals surface area contributed by atoms with E-state index < -0.39 is 0 Å². The smallest absolute Gasteiger partial charge is 0.0709 e. The minimum absolute atomic E-state index is 0.908. The van der Waals surface area contributed by atoms with Gasteiger partial charge in [-0.15, -0.1) is 0 Å². The third-order valence-electron chi connectivity index (χ3n) is 5.86. The lowest BCUT2D eigenvalue weighted by Crippen LogP contribution is -2.28. The van der Waals surface area contributed by atoms with E-state index in [2.05, 4.69) is 51.3 Å². The van der Waals surface area contributed by atoms with Crippen molar-refractivity contribution in [3.63, 3.8) is 0 Å². The average molecular weight is 351 g/mol. The van der Waals surface area contributed by atoms with E-state index >= 15 is 0 Å². The van der Waals surface area contributed by atoms with E-state index in [0.29, 0.717) is 0 Å². The topological polar surface area (TPSA) is 32.3 Å². The zero-order valence-electron chi connectivity index (χ0n) is 16.0. The number of hydrogen-bond acceptors (Lipinski definition) is 4. The Morgan fingerprint density at radius 3 is 2.58 bits per heavy atom. The lowest BCUT2D eigenvalue weighted by Gasteiger charge is -2.20. The Balaban J connectivity index is 1.40. The number of hydrogen-bond donors (Lipinski definition) is 0. The summed E-state index contributed by atoms with van der Waals surface area (Å²) < 4.78 is 0. The molecule has 138 valence electrons. The first-order valence-corrected chi connectivity index (χ1v) is 10.1. The Kier molecular flexibility index (Phi) is 5.61. The summed E-state index contributed by atoms with van der Waals surface area (Å²) in [7, 11) is 2.23. The van der Waals surface area contributed by atoms with Gasteiger partial charge in [-0.2, -0.15) is 10.2 Å². The molecule has 26 heavy (non-hydrogen) atoms. The first-order valence-electron chi connectivity index (χ1n) is 10.1.